The molecule has 0 spiro atoms. The van der Waals surface area contributed by atoms with Crippen LogP contribution in [0.25, 0.3) is 0 Å². The highest BCUT2D eigenvalue weighted by Crippen LogP contribution is 2.09. The van der Waals surface area contributed by atoms with E-state index in [1.165, 1.54) is 5.56 Å². The summed E-state index contributed by atoms with van der Waals surface area (Å²) in [5.74, 6) is 1.16. The maximum atomic E-state index is 4.53. The van der Waals surface area contributed by atoms with Crippen LogP contribution in [-0.4, -0.2) is 40.1 Å². The SMILES string of the molecule is CC1CN(Cc2nccn2Cc2ccccc2)CCN1.Cl. The van der Waals surface area contributed by atoms with Gasteiger partial charge in [0.25, 0.3) is 0 Å². The third-order valence-corrected chi connectivity index (χ3v) is 3.82. The number of hydrogen-bond acceptors (Lipinski definition) is 3. The van der Waals surface area contributed by atoms with E-state index in [0.717, 1.165) is 38.5 Å². The van der Waals surface area contributed by atoms with Gasteiger partial charge in [0.2, 0.25) is 0 Å². The molecular formula is C16H23ClN4. The summed E-state index contributed by atoms with van der Waals surface area (Å²) in [7, 11) is 0. The molecule has 0 bridgehead atoms. The van der Waals surface area contributed by atoms with Crippen molar-refractivity contribution in [3.63, 3.8) is 0 Å². The molecule has 21 heavy (non-hydrogen) atoms. The Balaban J connectivity index is 0.00000161. The van der Waals surface area contributed by atoms with Crippen molar-refractivity contribution in [1.29, 1.82) is 0 Å². The summed E-state index contributed by atoms with van der Waals surface area (Å²) in [6, 6.07) is 11.1. The average molecular weight is 307 g/mol. The fraction of sp³-hybridized carbons (Fsp3) is 0.438. The Kier molecular flexibility index (Phi) is 5.79. The number of hydrogen-bond donors (Lipinski definition) is 1. The molecule has 3 rings (SSSR count). The van der Waals surface area contributed by atoms with Gasteiger partial charge in [0, 0.05) is 44.6 Å². The normalized spacial score (nSPS) is 19.2. The van der Waals surface area contributed by atoms with Crippen LogP contribution in [-0.2, 0) is 13.1 Å². The predicted octanol–water partition coefficient (Wildman–Crippen LogP) is 2.15. The third kappa shape index (κ3) is 4.30. The number of aromatic nitrogens is 2. The van der Waals surface area contributed by atoms with Crippen molar-refractivity contribution in [3.05, 3.63) is 54.1 Å². The second-order valence-electron chi connectivity index (χ2n) is 5.55. The minimum atomic E-state index is 0. The maximum absolute atomic E-state index is 4.53. The Labute approximate surface area is 132 Å². The summed E-state index contributed by atoms with van der Waals surface area (Å²) in [6.45, 7) is 7.34. The number of halogens is 1. The van der Waals surface area contributed by atoms with Crippen LogP contribution in [0.3, 0.4) is 0 Å². The van der Waals surface area contributed by atoms with Gasteiger partial charge in [0.05, 0.1) is 6.54 Å². The van der Waals surface area contributed by atoms with E-state index in [1.807, 2.05) is 6.20 Å². The molecule has 1 N–H and O–H groups in total. The molecule has 0 saturated carbocycles. The number of imidazole rings is 1. The van der Waals surface area contributed by atoms with Gasteiger partial charge in [-0.1, -0.05) is 30.3 Å². The summed E-state index contributed by atoms with van der Waals surface area (Å²) in [5.41, 5.74) is 1.32. The lowest BCUT2D eigenvalue weighted by atomic mass is 10.2. The van der Waals surface area contributed by atoms with Gasteiger partial charge < -0.3 is 9.88 Å². The van der Waals surface area contributed by atoms with Crippen LogP contribution in [0, 0.1) is 0 Å². The lowest BCUT2D eigenvalue weighted by Crippen LogP contribution is -2.48. The first-order valence-corrected chi connectivity index (χ1v) is 7.31. The molecule has 1 aliphatic heterocycles. The van der Waals surface area contributed by atoms with Crippen LogP contribution in [0.4, 0.5) is 0 Å². The minimum Gasteiger partial charge on any atom is -0.329 e. The number of nitrogens with one attached hydrogen (secondary N) is 1. The fourth-order valence-electron chi connectivity index (χ4n) is 2.77. The molecule has 4 nitrogen and oxygen atoms in total. The van der Waals surface area contributed by atoms with Crippen molar-refractivity contribution in [1.82, 2.24) is 19.8 Å². The molecule has 2 heterocycles. The van der Waals surface area contributed by atoms with Crippen molar-refractivity contribution >= 4 is 12.4 Å². The molecule has 114 valence electrons. The monoisotopic (exact) mass is 306 g/mol. The van der Waals surface area contributed by atoms with Crippen LogP contribution in [0.2, 0.25) is 0 Å². The van der Waals surface area contributed by atoms with Gasteiger partial charge in [-0.25, -0.2) is 4.98 Å². The van der Waals surface area contributed by atoms with Gasteiger partial charge in [-0.15, -0.1) is 12.4 Å². The smallest absolute Gasteiger partial charge is 0.123 e. The van der Waals surface area contributed by atoms with Crippen LogP contribution >= 0.6 is 12.4 Å². The Bertz CT molecular complexity index is 540. The maximum Gasteiger partial charge on any atom is 0.123 e. The average Bonchev–Trinajstić information content (AvgIpc) is 2.87. The Morgan fingerprint density at radius 2 is 2.05 bits per heavy atom. The van der Waals surface area contributed by atoms with E-state index in [2.05, 4.69) is 63.2 Å². The Hall–Kier alpha value is -1.36. The molecule has 0 amide bonds. The molecule has 1 aromatic carbocycles. The zero-order valence-electron chi connectivity index (χ0n) is 12.4. The molecule has 1 unspecified atom stereocenters. The first-order chi connectivity index (χ1) is 9.81. The van der Waals surface area contributed by atoms with Crippen LogP contribution in [0.1, 0.15) is 18.3 Å². The molecule has 0 aliphatic carbocycles. The lowest BCUT2D eigenvalue weighted by molar-refractivity contribution is 0.193. The summed E-state index contributed by atoms with van der Waals surface area (Å²) in [4.78, 5) is 7.01. The molecule has 0 radical (unpaired) electrons. The first kappa shape index (κ1) is 16.0. The quantitative estimate of drug-likeness (QED) is 0.939. The highest BCUT2D eigenvalue weighted by atomic mass is 35.5. The van der Waals surface area contributed by atoms with E-state index in [0.29, 0.717) is 6.04 Å². The molecule has 1 atom stereocenters. The van der Waals surface area contributed by atoms with Gasteiger partial charge in [0.1, 0.15) is 5.82 Å². The largest absolute Gasteiger partial charge is 0.329 e. The van der Waals surface area contributed by atoms with Crippen LogP contribution < -0.4 is 5.32 Å². The standard InChI is InChI=1S/C16H22N4.ClH/c1-14-11-19(9-7-17-14)13-16-18-8-10-20(16)12-15-5-3-2-4-6-15;/h2-6,8,10,14,17H,7,9,11-13H2,1H3;1H. The molecule has 5 heteroatoms. The molecule has 1 aliphatic rings. The van der Waals surface area contributed by atoms with Gasteiger partial charge >= 0.3 is 0 Å². The fourth-order valence-corrected chi connectivity index (χ4v) is 2.77. The minimum absolute atomic E-state index is 0. The zero-order chi connectivity index (χ0) is 13.8. The molecule has 1 saturated heterocycles. The first-order valence-electron chi connectivity index (χ1n) is 7.31. The van der Waals surface area contributed by atoms with E-state index >= 15 is 0 Å². The number of nitrogens with zero attached hydrogens (tertiary/aromatic N) is 3. The highest BCUT2D eigenvalue weighted by Gasteiger charge is 2.17. The summed E-state index contributed by atoms with van der Waals surface area (Å²) >= 11 is 0. The van der Waals surface area contributed by atoms with Crippen LogP contribution in [0.5, 0.6) is 0 Å². The zero-order valence-corrected chi connectivity index (χ0v) is 13.2. The lowest BCUT2D eigenvalue weighted by Gasteiger charge is -2.31. The summed E-state index contributed by atoms with van der Waals surface area (Å²) in [5, 5.41) is 3.48. The van der Waals surface area contributed by atoms with E-state index in [4.69, 9.17) is 0 Å². The van der Waals surface area contributed by atoms with Crippen molar-refractivity contribution in [3.8, 4) is 0 Å². The second-order valence-corrected chi connectivity index (χ2v) is 5.55. The second kappa shape index (κ2) is 7.59. The molecule has 1 aromatic heterocycles. The van der Waals surface area contributed by atoms with Gasteiger partial charge in [-0.2, -0.15) is 0 Å². The predicted molar refractivity (Wildman–Crippen MR) is 87.8 cm³/mol. The third-order valence-electron chi connectivity index (χ3n) is 3.82. The molecular weight excluding hydrogens is 284 g/mol. The summed E-state index contributed by atoms with van der Waals surface area (Å²) < 4.78 is 2.25. The van der Waals surface area contributed by atoms with E-state index in [-0.39, 0.29) is 12.4 Å². The van der Waals surface area contributed by atoms with Gasteiger partial charge in [0.15, 0.2) is 0 Å². The van der Waals surface area contributed by atoms with E-state index in [9.17, 15) is 0 Å². The highest BCUT2D eigenvalue weighted by molar-refractivity contribution is 5.85. The number of benzene rings is 1. The van der Waals surface area contributed by atoms with Crippen molar-refractivity contribution in [2.45, 2.75) is 26.1 Å². The van der Waals surface area contributed by atoms with E-state index in [1.54, 1.807) is 0 Å². The number of rotatable bonds is 4. The van der Waals surface area contributed by atoms with E-state index < -0.39 is 0 Å². The Morgan fingerprint density at radius 1 is 1.24 bits per heavy atom. The van der Waals surface area contributed by atoms with Crippen molar-refractivity contribution in [2.75, 3.05) is 19.6 Å². The molecule has 2 aromatic rings. The summed E-state index contributed by atoms with van der Waals surface area (Å²) in [6.07, 6.45) is 3.98. The number of piperazine rings is 1. The van der Waals surface area contributed by atoms with Crippen LogP contribution in [0.15, 0.2) is 42.7 Å². The van der Waals surface area contributed by atoms with Crippen molar-refractivity contribution < 1.29 is 0 Å². The Morgan fingerprint density at radius 3 is 2.81 bits per heavy atom. The van der Waals surface area contributed by atoms with Crippen molar-refractivity contribution in [2.24, 2.45) is 0 Å². The molecule has 1 fully saturated rings. The van der Waals surface area contributed by atoms with Gasteiger partial charge in [-0.05, 0) is 12.5 Å². The van der Waals surface area contributed by atoms with Gasteiger partial charge in [-0.3, -0.25) is 4.90 Å². The topological polar surface area (TPSA) is 33.1 Å².